The van der Waals surface area contributed by atoms with Gasteiger partial charge in [0.15, 0.2) is 5.78 Å². The summed E-state index contributed by atoms with van der Waals surface area (Å²) in [5.74, 6) is 1.89. The van der Waals surface area contributed by atoms with Crippen LogP contribution in [0.15, 0.2) is 85.2 Å². The molecule has 51 heavy (non-hydrogen) atoms. The third-order valence-corrected chi connectivity index (χ3v) is 8.43. The molecule has 4 aromatic rings. The van der Waals surface area contributed by atoms with Crippen LogP contribution in [0, 0.1) is 19.8 Å². The van der Waals surface area contributed by atoms with Gasteiger partial charge < -0.3 is 25.0 Å². The van der Waals surface area contributed by atoms with E-state index in [1.54, 1.807) is 12.3 Å². The van der Waals surface area contributed by atoms with Crippen molar-refractivity contribution in [1.82, 2.24) is 9.97 Å². The number of nitrogens with zero attached hydrogens (tertiary/aromatic N) is 4. The van der Waals surface area contributed by atoms with E-state index in [2.05, 4.69) is 33.6 Å². The van der Waals surface area contributed by atoms with Gasteiger partial charge in [-0.25, -0.2) is 9.97 Å². The second kappa shape index (κ2) is 19.2. The summed E-state index contributed by atoms with van der Waals surface area (Å²) in [6, 6.07) is 23.4. The number of benzene rings is 2. The number of rotatable bonds is 10. The molecule has 4 heterocycles. The van der Waals surface area contributed by atoms with Gasteiger partial charge in [0, 0.05) is 73.8 Å². The van der Waals surface area contributed by atoms with Crippen LogP contribution in [-0.4, -0.2) is 65.4 Å². The lowest BCUT2D eigenvalue weighted by Gasteiger charge is -2.22. The molecule has 2 N–H and O–H groups in total. The van der Waals surface area contributed by atoms with Crippen LogP contribution in [0.3, 0.4) is 0 Å². The van der Waals surface area contributed by atoms with Gasteiger partial charge in [-0.2, -0.15) is 0 Å². The van der Waals surface area contributed by atoms with Crippen molar-refractivity contribution in [2.75, 3.05) is 36.0 Å². The molecule has 0 aliphatic carbocycles. The Balaban J connectivity index is 0.000000208. The number of carbonyl (C=O) groups is 2. The van der Waals surface area contributed by atoms with Gasteiger partial charge in [-0.05, 0) is 72.8 Å². The molecule has 6 rings (SSSR count). The first kappa shape index (κ1) is 39.3. The minimum atomic E-state index is -0.430. The van der Waals surface area contributed by atoms with Gasteiger partial charge in [-0.15, -0.1) is 0 Å². The lowest BCUT2D eigenvalue weighted by Crippen LogP contribution is -2.26. The maximum Gasteiger partial charge on any atom is 0.254 e. The highest BCUT2D eigenvalue weighted by atomic mass is 35.5. The molecule has 10 heteroatoms. The van der Waals surface area contributed by atoms with E-state index in [0.717, 1.165) is 67.1 Å². The zero-order valence-electron chi connectivity index (χ0n) is 30.7. The standard InChI is InChI=1S/C21H26N2O2.C17H17ClN2O2.C3H9N/c1-15(2)12-20(24)18-6-4-5-7-19(18)23-11-10-17(14-23)25-21-9-8-16(3)13-22-21;1-12-6-7-16(19-10-12)22-13-8-9-20(11-13)15-5-3-2-4-14(15)17(18)21;1-3(2)4/h4-9,13,15,17H,10-12,14H2,1-3H3;2-7,10,13H,8-9,11H2,1H3;3H,4H2,1-2H3/t17-;13-;/m00./s1. The monoisotopic (exact) mass is 713 g/mol. The lowest BCUT2D eigenvalue weighted by atomic mass is 9.99. The van der Waals surface area contributed by atoms with E-state index in [4.69, 9.17) is 26.8 Å². The Labute approximate surface area is 308 Å². The largest absolute Gasteiger partial charge is 0.472 e. The Kier molecular flexibility index (Phi) is 14.8. The summed E-state index contributed by atoms with van der Waals surface area (Å²) in [5.41, 5.74) is 10.6. The fourth-order valence-electron chi connectivity index (χ4n) is 5.86. The number of hydrogen-bond donors (Lipinski definition) is 1. The number of anilines is 2. The highest BCUT2D eigenvalue weighted by molar-refractivity contribution is 6.68. The van der Waals surface area contributed by atoms with Crippen LogP contribution in [0.4, 0.5) is 11.4 Å². The number of aromatic nitrogens is 2. The van der Waals surface area contributed by atoms with Crippen LogP contribution in [0.1, 0.15) is 78.8 Å². The Morgan fingerprint density at radius 1 is 0.745 bits per heavy atom. The predicted molar refractivity (Wildman–Crippen MR) is 207 cm³/mol. The third kappa shape index (κ3) is 12.4. The molecule has 2 fully saturated rings. The molecule has 0 unspecified atom stereocenters. The Hall–Kier alpha value is -4.47. The van der Waals surface area contributed by atoms with E-state index in [9.17, 15) is 9.59 Å². The minimum Gasteiger partial charge on any atom is -0.472 e. The SMILES string of the molecule is CC(C)N.Cc1ccc(O[C@H]2CCN(c3ccccc3C(=O)CC(C)C)C2)nc1.Cc1ccc(O[C@H]2CCN(c3ccccc3C(=O)Cl)C2)nc1. The second-order valence-electron chi connectivity index (χ2n) is 13.9. The molecule has 2 aromatic carbocycles. The van der Waals surface area contributed by atoms with Crippen molar-refractivity contribution < 1.29 is 19.1 Å². The fraction of sp³-hybridized carbons (Fsp3) is 0.415. The highest BCUT2D eigenvalue weighted by Gasteiger charge is 2.28. The van der Waals surface area contributed by atoms with E-state index in [0.29, 0.717) is 35.7 Å². The number of ketones is 1. The van der Waals surface area contributed by atoms with E-state index >= 15 is 0 Å². The van der Waals surface area contributed by atoms with Gasteiger partial charge in [-0.1, -0.05) is 64.1 Å². The fourth-order valence-corrected chi connectivity index (χ4v) is 6.02. The maximum atomic E-state index is 12.6. The molecule has 0 saturated carbocycles. The van der Waals surface area contributed by atoms with Crippen molar-refractivity contribution in [2.24, 2.45) is 11.7 Å². The quantitative estimate of drug-likeness (QED) is 0.129. The second-order valence-corrected chi connectivity index (χ2v) is 14.2. The van der Waals surface area contributed by atoms with E-state index in [1.807, 2.05) is 101 Å². The first-order valence-corrected chi connectivity index (χ1v) is 18.1. The van der Waals surface area contributed by atoms with Crippen LogP contribution < -0.4 is 25.0 Å². The van der Waals surface area contributed by atoms with Crippen LogP contribution >= 0.6 is 11.6 Å². The number of Topliss-reactive ketones (excluding diaryl/α,β-unsaturated/α-hetero) is 1. The van der Waals surface area contributed by atoms with Gasteiger partial charge in [0.25, 0.3) is 5.24 Å². The Bertz CT molecular complexity index is 1690. The number of pyridine rings is 2. The van der Waals surface area contributed by atoms with E-state index < -0.39 is 5.24 Å². The number of nitrogens with two attached hydrogens (primary N) is 1. The summed E-state index contributed by atoms with van der Waals surface area (Å²) in [7, 11) is 0. The summed E-state index contributed by atoms with van der Waals surface area (Å²) < 4.78 is 11.9. The van der Waals surface area contributed by atoms with Crippen molar-refractivity contribution in [1.29, 1.82) is 0 Å². The zero-order chi connectivity index (χ0) is 36.9. The number of para-hydroxylation sites is 2. The zero-order valence-corrected chi connectivity index (χ0v) is 31.5. The molecule has 2 aliphatic heterocycles. The van der Waals surface area contributed by atoms with Crippen molar-refractivity contribution in [3.8, 4) is 11.8 Å². The molecule has 9 nitrogen and oxygen atoms in total. The summed E-state index contributed by atoms with van der Waals surface area (Å²) in [6.07, 6.45) is 6.18. The molecule has 2 aromatic heterocycles. The number of aryl methyl sites for hydroxylation is 2. The third-order valence-electron chi connectivity index (χ3n) is 8.23. The van der Waals surface area contributed by atoms with Crippen LogP contribution in [-0.2, 0) is 0 Å². The van der Waals surface area contributed by atoms with Crippen molar-refractivity contribution in [3.63, 3.8) is 0 Å². The van der Waals surface area contributed by atoms with Crippen LogP contribution in [0.2, 0.25) is 0 Å². The summed E-state index contributed by atoms with van der Waals surface area (Å²) >= 11 is 5.66. The number of hydrogen-bond acceptors (Lipinski definition) is 9. The Morgan fingerprint density at radius 3 is 1.59 bits per heavy atom. The smallest absolute Gasteiger partial charge is 0.254 e. The molecular formula is C41H52ClN5O4. The summed E-state index contributed by atoms with van der Waals surface area (Å²) in [6.45, 7) is 15.3. The molecular weight excluding hydrogens is 662 g/mol. The molecule has 2 saturated heterocycles. The van der Waals surface area contributed by atoms with Gasteiger partial charge in [-0.3, -0.25) is 9.59 Å². The number of ether oxygens (including phenoxy) is 2. The van der Waals surface area contributed by atoms with Gasteiger partial charge in [0.2, 0.25) is 11.8 Å². The molecule has 0 amide bonds. The van der Waals surface area contributed by atoms with Crippen molar-refractivity contribution in [3.05, 3.63) is 107 Å². The molecule has 2 atom stereocenters. The molecule has 0 radical (unpaired) electrons. The average Bonchev–Trinajstić information content (AvgIpc) is 3.76. The summed E-state index contributed by atoms with van der Waals surface area (Å²) in [4.78, 5) is 37.1. The summed E-state index contributed by atoms with van der Waals surface area (Å²) in [5, 5.41) is -0.430. The van der Waals surface area contributed by atoms with E-state index in [1.165, 1.54) is 0 Å². The lowest BCUT2D eigenvalue weighted by molar-refractivity contribution is 0.0967. The molecule has 2 aliphatic rings. The van der Waals surface area contributed by atoms with E-state index in [-0.39, 0.29) is 18.0 Å². The molecule has 0 spiro atoms. The van der Waals surface area contributed by atoms with Crippen molar-refractivity contribution >= 4 is 34.0 Å². The van der Waals surface area contributed by atoms with Crippen LogP contribution in [0.25, 0.3) is 0 Å². The topological polar surface area (TPSA) is 111 Å². The van der Waals surface area contributed by atoms with Crippen LogP contribution in [0.5, 0.6) is 11.8 Å². The first-order valence-electron chi connectivity index (χ1n) is 17.7. The molecule has 0 bridgehead atoms. The van der Waals surface area contributed by atoms with Gasteiger partial charge in [0.1, 0.15) is 12.2 Å². The van der Waals surface area contributed by atoms with Gasteiger partial charge in [0.05, 0.1) is 18.7 Å². The van der Waals surface area contributed by atoms with Crippen molar-refractivity contribution in [2.45, 2.75) is 79.1 Å². The number of carbonyl (C=O) groups excluding carboxylic acids is 2. The first-order chi connectivity index (χ1) is 24.4. The highest BCUT2D eigenvalue weighted by Crippen LogP contribution is 2.29. The Morgan fingerprint density at radius 2 is 1.18 bits per heavy atom. The normalized spacial score (nSPS) is 16.7. The number of halogens is 1. The minimum absolute atomic E-state index is 0.0636. The van der Waals surface area contributed by atoms with Gasteiger partial charge >= 0.3 is 0 Å². The predicted octanol–water partition coefficient (Wildman–Crippen LogP) is 8.06. The molecule has 272 valence electrons. The average molecular weight is 714 g/mol. The maximum absolute atomic E-state index is 12.6.